The molecule has 0 bridgehead atoms. The van der Waals surface area contributed by atoms with E-state index in [9.17, 15) is 0 Å². The molecule has 9 aromatic rings. The third-order valence-corrected chi connectivity index (χ3v) is 11.5. The number of hydrogen-bond acceptors (Lipinski definition) is 1. The third-order valence-electron chi connectivity index (χ3n) is 11.5. The minimum atomic E-state index is 0.649. The highest BCUT2D eigenvalue weighted by Gasteiger charge is 2.23. The average Bonchev–Trinajstić information content (AvgIpc) is 3.52. The standard InChI is InChI=1S/C54H36N2/c1-2-18-45(19-3-1)56-51-24-11-10-23-50(51)55-54(56)39-29-25-38(26-30-39)42-17-12-22-48-49(35-42)53(44-32-28-37-14-5-7-16-41(37)34-44)47-21-9-8-20-46(47)52(48)43-31-27-36-13-4-6-15-40(36)33-43/h1-2,4-11,13-16,18,20-21,23-35H,3,17,19H2. The van der Waals surface area contributed by atoms with E-state index in [2.05, 4.69) is 198 Å². The van der Waals surface area contributed by atoms with Crippen molar-refractivity contribution in [3.05, 3.63) is 193 Å². The number of benzene rings is 8. The van der Waals surface area contributed by atoms with E-state index in [1.54, 1.807) is 0 Å². The zero-order valence-corrected chi connectivity index (χ0v) is 30.8. The van der Waals surface area contributed by atoms with Gasteiger partial charge in [-0.15, -0.1) is 0 Å². The molecule has 2 aliphatic rings. The summed E-state index contributed by atoms with van der Waals surface area (Å²) in [7, 11) is 0. The highest BCUT2D eigenvalue weighted by molar-refractivity contribution is 6.13. The number of allylic oxidation sites excluding steroid dienone is 5. The number of para-hydroxylation sites is 2. The topological polar surface area (TPSA) is 17.8 Å². The smallest absolute Gasteiger partial charge is 0.145 e. The summed E-state index contributed by atoms with van der Waals surface area (Å²) >= 11 is 0. The van der Waals surface area contributed by atoms with Crippen LogP contribution < -0.4 is 0 Å². The van der Waals surface area contributed by atoms with E-state index in [0.29, 0.717) is 6.42 Å². The van der Waals surface area contributed by atoms with Crippen molar-refractivity contribution >= 4 is 60.7 Å². The fraction of sp³-hybridized carbons (Fsp3) is 0.0556. The average molecular weight is 713 g/mol. The van der Waals surface area contributed by atoms with Gasteiger partial charge in [-0.05, 0) is 115 Å². The lowest BCUT2D eigenvalue weighted by atomic mass is 9.82. The van der Waals surface area contributed by atoms with Crippen LogP contribution in [-0.4, -0.2) is 9.55 Å². The van der Waals surface area contributed by atoms with Crippen LogP contribution in [-0.2, 0) is 0 Å². The Bertz CT molecular complexity index is 3210. The second-order valence-electron chi connectivity index (χ2n) is 14.8. The molecule has 0 unspecified atom stereocenters. The van der Waals surface area contributed by atoms with Gasteiger partial charge in [0.05, 0.1) is 11.0 Å². The van der Waals surface area contributed by atoms with Gasteiger partial charge in [0, 0.05) is 28.8 Å². The lowest BCUT2D eigenvalue weighted by Gasteiger charge is -2.20. The van der Waals surface area contributed by atoms with Crippen molar-refractivity contribution in [1.82, 2.24) is 9.55 Å². The van der Waals surface area contributed by atoms with Crippen LogP contribution >= 0.6 is 0 Å². The molecule has 8 aromatic carbocycles. The number of nitrogens with zero attached hydrogens (tertiary/aromatic N) is 2. The Morgan fingerprint density at radius 3 is 1.88 bits per heavy atom. The van der Waals surface area contributed by atoms with Crippen LogP contribution in [0.3, 0.4) is 0 Å². The SMILES string of the molecule is C1#Cc2c(c(-c3ccc4ccccc4c3)c3ccccc3c2-c2ccc3ccccc3c2)C=C(c2ccc(-c3nc4ccccc4n3C3=CC=CCC3)cc2)C1. The van der Waals surface area contributed by atoms with Gasteiger partial charge in [-0.25, -0.2) is 4.98 Å². The second kappa shape index (κ2) is 13.3. The molecule has 1 aromatic heterocycles. The molecule has 0 atom stereocenters. The molecule has 0 amide bonds. The number of rotatable bonds is 5. The Morgan fingerprint density at radius 1 is 0.554 bits per heavy atom. The Labute approximate surface area is 326 Å². The molecule has 11 rings (SSSR count). The Kier molecular flexibility index (Phi) is 7.64. The number of hydrogen-bond donors (Lipinski definition) is 0. The predicted molar refractivity (Wildman–Crippen MR) is 237 cm³/mol. The molecule has 0 fully saturated rings. The highest BCUT2D eigenvalue weighted by atomic mass is 15.1. The fourth-order valence-electron chi connectivity index (χ4n) is 8.79. The van der Waals surface area contributed by atoms with E-state index in [1.807, 2.05) is 0 Å². The van der Waals surface area contributed by atoms with E-state index in [0.717, 1.165) is 40.8 Å². The Balaban J connectivity index is 1.12. The Hall–Kier alpha value is -7.21. The summed E-state index contributed by atoms with van der Waals surface area (Å²) in [6, 6.07) is 57.3. The minimum Gasteiger partial charge on any atom is -0.296 e. The first-order valence-electron chi connectivity index (χ1n) is 19.5. The van der Waals surface area contributed by atoms with Gasteiger partial charge in [0.25, 0.3) is 0 Å². The molecule has 56 heavy (non-hydrogen) atoms. The first-order valence-corrected chi connectivity index (χ1v) is 19.5. The molecular formula is C54H36N2. The molecule has 0 aliphatic heterocycles. The van der Waals surface area contributed by atoms with Crippen LogP contribution in [0.4, 0.5) is 0 Å². The summed E-state index contributed by atoms with van der Waals surface area (Å²) in [4.78, 5) is 5.16. The van der Waals surface area contributed by atoms with Gasteiger partial charge in [-0.3, -0.25) is 4.57 Å². The monoisotopic (exact) mass is 712 g/mol. The molecule has 0 saturated carbocycles. The summed E-state index contributed by atoms with van der Waals surface area (Å²) in [5, 5.41) is 7.37. The largest absolute Gasteiger partial charge is 0.296 e. The van der Waals surface area contributed by atoms with Crippen LogP contribution in [0.1, 0.15) is 36.0 Å². The fourth-order valence-corrected chi connectivity index (χ4v) is 8.79. The van der Waals surface area contributed by atoms with E-state index < -0.39 is 0 Å². The van der Waals surface area contributed by atoms with E-state index in [-0.39, 0.29) is 0 Å². The van der Waals surface area contributed by atoms with Gasteiger partial charge >= 0.3 is 0 Å². The van der Waals surface area contributed by atoms with Crippen LogP contribution in [0.5, 0.6) is 0 Å². The van der Waals surface area contributed by atoms with Crippen molar-refractivity contribution in [2.24, 2.45) is 0 Å². The molecule has 2 nitrogen and oxygen atoms in total. The van der Waals surface area contributed by atoms with Gasteiger partial charge in [0.15, 0.2) is 0 Å². The normalized spacial score (nSPS) is 13.6. The zero-order valence-electron chi connectivity index (χ0n) is 30.8. The van der Waals surface area contributed by atoms with Crippen LogP contribution in [0.15, 0.2) is 176 Å². The van der Waals surface area contributed by atoms with Crippen molar-refractivity contribution in [3.63, 3.8) is 0 Å². The van der Waals surface area contributed by atoms with Gasteiger partial charge in [0.2, 0.25) is 0 Å². The zero-order chi connectivity index (χ0) is 37.0. The molecule has 2 heteroatoms. The molecule has 262 valence electrons. The van der Waals surface area contributed by atoms with Crippen molar-refractivity contribution < 1.29 is 0 Å². The second-order valence-corrected chi connectivity index (χ2v) is 14.8. The van der Waals surface area contributed by atoms with Crippen LogP contribution in [0, 0.1) is 11.8 Å². The Morgan fingerprint density at radius 2 is 1.16 bits per heavy atom. The number of fused-ring (bicyclic) bond motifs is 5. The van der Waals surface area contributed by atoms with Gasteiger partial charge in [0.1, 0.15) is 5.82 Å². The summed E-state index contributed by atoms with van der Waals surface area (Å²) in [6.45, 7) is 0. The summed E-state index contributed by atoms with van der Waals surface area (Å²) in [5.74, 6) is 8.36. The van der Waals surface area contributed by atoms with Crippen LogP contribution in [0.2, 0.25) is 0 Å². The number of aromatic nitrogens is 2. The number of imidazole rings is 1. The summed E-state index contributed by atoms with van der Waals surface area (Å²) in [6.07, 6.45) is 11.7. The van der Waals surface area contributed by atoms with Crippen molar-refractivity contribution in [2.45, 2.75) is 19.3 Å². The van der Waals surface area contributed by atoms with Crippen molar-refractivity contribution in [1.29, 1.82) is 0 Å². The minimum absolute atomic E-state index is 0.649. The van der Waals surface area contributed by atoms with E-state index in [1.165, 1.54) is 77.0 Å². The molecule has 0 N–H and O–H groups in total. The predicted octanol–water partition coefficient (Wildman–Crippen LogP) is 14.0. The first-order chi connectivity index (χ1) is 27.8. The van der Waals surface area contributed by atoms with E-state index >= 15 is 0 Å². The maximum atomic E-state index is 5.16. The summed E-state index contributed by atoms with van der Waals surface area (Å²) in [5.41, 5.74) is 13.9. The molecule has 2 aliphatic carbocycles. The molecule has 0 radical (unpaired) electrons. The lowest BCUT2D eigenvalue weighted by molar-refractivity contribution is 0.960. The first kappa shape index (κ1) is 32.2. The van der Waals surface area contributed by atoms with Crippen molar-refractivity contribution in [2.75, 3.05) is 0 Å². The quantitative estimate of drug-likeness (QED) is 0.162. The van der Waals surface area contributed by atoms with Gasteiger partial charge in [-0.1, -0.05) is 157 Å². The highest BCUT2D eigenvalue weighted by Crippen LogP contribution is 2.45. The maximum Gasteiger partial charge on any atom is 0.145 e. The van der Waals surface area contributed by atoms with Gasteiger partial charge < -0.3 is 0 Å². The summed E-state index contributed by atoms with van der Waals surface area (Å²) < 4.78 is 2.34. The lowest BCUT2D eigenvalue weighted by Crippen LogP contribution is -2.01. The molecule has 1 heterocycles. The third kappa shape index (κ3) is 5.40. The molecule has 0 spiro atoms. The van der Waals surface area contributed by atoms with Gasteiger partial charge in [-0.2, -0.15) is 0 Å². The molecular weight excluding hydrogens is 677 g/mol. The maximum absolute atomic E-state index is 5.16. The van der Waals surface area contributed by atoms with Crippen molar-refractivity contribution in [3.8, 4) is 45.5 Å². The van der Waals surface area contributed by atoms with E-state index in [4.69, 9.17) is 4.98 Å². The van der Waals surface area contributed by atoms with Crippen LogP contribution in [0.25, 0.3) is 94.3 Å². The molecule has 0 saturated heterocycles.